The lowest BCUT2D eigenvalue weighted by molar-refractivity contribution is -0.131. The van der Waals surface area contributed by atoms with Gasteiger partial charge in [0.25, 0.3) is 5.56 Å². The summed E-state index contributed by atoms with van der Waals surface area (Å²) in [5, 5.41) is 0.510. The Morgan fingerprint density at radius 2 is 2.09 bits per heavy atom. The molecule has 2 aromatic heterocycles. The second kappa shape index (κ2) is 6.52. The second-order valence-electron chi connectivity index (χ2n) is 5.15. The fourth-order valence-corrected chi connectivity index (χ4v) is 3.38. The molecule has 3 aromatic rings. The zero-order chi connectivity index (χ0) is 16.4. The van der Waals surface area contributed by atoms with Gasteiger partial charge in [-0.25, -0.2) is 4.98 Å². The SMILES string of the molecule is CN(Cc1ccc(Cl)s1)C(=O)Cn1cnc2ccccc2c1=O. The number of benzene rings is 1. The molecule has 0 radical (unpaired) electrons. The summed E-state index contributed by atoms with van der Waals surface area (Å²) in [5.74, 6) is -0.159. The van der Waals surface area contributed by atoms with Crippen molar-refractivity contribution in [3.05, 3.63) is 62.3 Å². The zero-order valence-electron chi connectivity index (χ0n) is 12.4. The van der Waals surface area contributed by atoms with Crippen molar-refractivity contribution in [2.45, 2.75) is 13.1 Å². The largest absolute Gasteiger partial charge is 0.339 e. The van der Waals surface area contributed by atoms with Gasteiger partial charge in [-0.1, -0.05) is 23.7 Å². The summed E-state index contributed by atoms with van der Waals surface area (Å²) >= 11 is 7.33. The Morgan fingerprint density at radius 1 is 1.30 bits per heavy atom. The van der Waals surface area contributed by atoms with E-state index in [0.717, 1.165) is 4.88 Å². The Labute approximate surface area is 141 Å². The summed E-state index contributed by atoms with van der Waals surface area (Å²) in [6, 6.07) is 10.8. The summed E-state index contributed by atoms with van der Waals surface area (Å²) in [4.78, 5) is 31.5. The van der Waals surface area contributed by atoms with Gasteiger partial charge in [-0.2, -0.15) is 0 Å². The maximum atomic E-state index is 12.4. The van der Waals surface area contributed by atoms with Crippen LogP contribution < -0.4 is 5.56 Å². The van der Waals surface area contributed by atoms with Crippen molar-refractivity contribution in [1.82, 2.24) is 14.5 Å². The highest BCUT2D eigenvalue weighted by molar-refractivity contribution is 7.16. The molecule has 7 heteroatoms. The predicted octanol–water partition coefficient (Wildman–Crippen LogP) is 2.77. The molecular formula is C16H14ClN3O2S. The molecule has 0 aliphatic heterocycles. The molecule has 0 saturated carbocycles. The molecule has 0 saturated heterocycles. The first-order chi connectivity index (χ1) is 11.0. The molecule has 3 rings (SSSR count). The van der Waals surface area contributed by atoms with Gasteiger partial charge in [0.1, 0.15) is 6.54 Å². The molecule has 1 aromatic carbocycles. The first-order valence-electron chi connectivity index (χ1n) is 6.97. The van der Waals surface area contributed by atoms with E-state index >= 15 is 0 Å². The summed E-state index contributed by atoms with van der Waals surface area (Å²) in [6.45, 7) is 0.429. The van der Waals surface area contributed by atoms with Gasteiger partial charge in [-0.15, -0.1) is 11.3 Å². The highest BCUT2D eigenvalue weighted by atomic mass is 35.5. The Kier molecular flexibility index (Phi) is 4.45. The van der Waals surface area contributed by atoms with Gasteiger partial charge in [0.15, 0.2) is 0 Å². The smallest absolute Gasteiger partial charge is 0.261 e. The van der Waals surface area contributed by atoms with E-state index in [1.165, 1.54) is 22.2 Å². The van der Waals surface area contributed by atoms with Crippen molar-refractivity contribution in [2.75, 3.05) is 7.05 Å². The monoisotopic (exact) mass is 347 g/mol. The van der Waals surface area contributed by atoms with Crippen molar-refractivity contribution in [2.24, 2.45) is 0 Å². The van der Waals surface area contributed by atoms with Crippen molar-refractivity contribution < 1.29 is 4.79 Å². The number of para-hydroxylation sites is 1. The fraction of sp³-hybridized carbons (Fsp3) is 0.188. The Bertz CT molecular complexity index is 919. The number of nitrogens with zero attached hydrogens (tertiary/aromatic N) is 3. The first kappa shape index (κ1) is 15.7. The number of hydrogen-bond donors (Lipinski definition) is 0. The van der Waals surface area contributed by atoms with Gasteiger partial charge in [0, 0.05) is 11.9 Å². The minimum atomic E-state index is -0.212. The van der Waals surface area contributed by atoms with Crippen LogP contribution in [0.25, 0.3) is 10.9 Å². The Morgan fingerprint density at radius 3 is 2.83 bits per heavy atom. The Hall–Kier alpha value is -2.18. The summed E-state index contributed by atoms with van der Waals surface area (Å²) in [7, 11) is 1.70. The van der Waals surface area contributed by atoms with Gasteiger partial charge in [-0.05, 0) is 24.3 Å². The first-order valence-corrected chi connectivity index (χ1v) is 8.16. The third-order valence-corrected chi connectivity index (χ3v) is 4.70. The van der Waals surface area contributed by atoms with Gasteiger partial charge in [0.05, 0.1) is 28.1 Å². The van der Waals surface area contributed by atoms with E-state index in [4.69, 9.17) is 11.6 Å². The van der Waals surface area contributed by atoms with Crippen molar-refractivity contribution >= 4 is 39.7 Å². The average molecular weight is 348 g/mol. The minimum Gasteiger partial charge on any atom is -0.339 e. The number of amides is 1. The zero-order valence-corrected chi connectivity index (χ0v) is 14.0. The summed E-state index contributed by atoms with van der Waals surface area (Å²) < 4.78 is 2.03. The number of hydrogen-bond acceptors (Lipinski definition) is 4. The molecule has 0 bridgehead atoms. The molecule has 23 heavy (non-hydrogen) atoms. The molecule has 5 nitrogen and oxygen atoms in total. The number of halogens is 1. The van der Waals surface area contributed by atoms with Gasteiger partial charge in [-0.3, -0.25) is 14.2 Å². The fourth-order valence-electron chi connectivity index (χ4n) is 2.24. The molecule has 118 valence electrons. The van der Waals surface area contributed by atoms with Crippen LogP contribution >= 0.6 is 22.9 Å². The molecule has 0 unspecified atom stereocenters. The normalized spacial score (nSPS) is 10.9. The number of carbonyl (C=O) groups is 1. The number of likely N-dealkylation sites (N-methyl/N-ethyl adjacent to an activating group) is 1. The highest BCUT2D eigenvalue weighted by Gasteiger charge is 2.13. The van der Waals surface area contributed by atoms with Crippen LogP contribution in [0.3, 0.4) is 0 Å². The van der Waals surface area contributed by atoms with E-state index in [1.54, 1.807) is 36.2 Å². The predicted molar refractivity (Wildman–Crippen MR) is 91.8 cm³/mol. The number of rotatable bonds is 4. The second-order valence-corrected chi connectivity index (χ2v) is 6.95. The molecule has 0 aliphatic carbocycles. The van der Waals surface area contributed by atoms with Crippen LogP contribution in [0.4, 0.5) is 0 Å². The van der Waals surface area contributed by atoms with Crippen LogP contribution in [0.1, 0.15) is 4.88 Å². The molecule has 2 heterocycles. The van der Waals surface area contributed by atoms with E-state index in [0.29, 0.717) is 21.8 Å². The van der Waals surface area contributed by atoms with E-state index in [9.17, 15) is 9.59 Å². The van der Waals surface area contributed by atoms with Gasteiger partial charge in [0.2, 0.25) is 5.91 Å². The van der Waals surface area contributed by atoms with Crippen LogP contribution in [-0.2, 0) is 17.9 Å². The maximum Gasteiger partial charge on any atom is 0.261 e. The number of carbonyl (C=O) groups excluding carboxylic acids is 1. The van der Waals surface area contributed by atoms with Crippen LogP contribution in [0.15, 0.2) is 47.5 Å². The highest BCUT2D eigenvalue weighted by Crippen LogP contribution is 2.22. The molecular weight excluding hydrogens is 334 g/mol. The molecule has 1 amide bonds. The van der Waals surface area contributed by atoms with E-state index < -0.39 is 0 Å². The van der Waals surface area contributed by atoms with Crippen LogP contribution in [-0.4, -0.2) is 27.4 Å². The minimum absolute atomic E-state index is 0.0354. The number of aromatic nitrogens is 2. The van der Waals surface area contributed by atoms with E-state index in [-0.39, 0.29) is 18.0 Å². The Balaban J connectivity index is 1.77. The van der Waals surface area contributed by atoms with Crippen molar-refractivity contribution in [3.8, 4) is 0 Å². The molecule has 0 fully saturated rings. The van der Waals surface area contributed by atoms with Crippen molar-refractivity contribution in [1.29, 1.82) is 0 Å². The lowest BCUT2D eigenvalue weighted by Crippen LogP contribution is -2.33. The van der Waals surface area contributed by atoms with Gasteiger partial charge < -0.3 is 4.90 Å². The third kappa shape index (κ3) is 3.43. The lowest BCUT2D eigenvalue weighted by Gasteiger charge is -2.17. The quantitative estimate of drug-likeness (QED) is 0.729. The average Bonchev–Trinajstić information content (AvgIpc) is 2.95. The van der Waals surface area contributed by atoms with Crippen LogP contribution in [0.2, 0.25) is 4.34 Å². The topological polar surface area (TPSA) is 55.2 Å². The molecule has 0 spiro atoms. The van der Waals surface area contributed by atoms with Gasteiger partial charge >= 0.3 is 0 Å². The van der Waals surface area contributed by atoms with Crippen LogP contribution in [0.5, 0.6) is 0 Å². The van der Waals surface area contributed by atoms with E-state index in [1.807, 2.05) is 12.1 Å². The third-order valence-electron chi connectivity index (χ3n) is 3.48. The summed E-state index contributed by atoms with van der Waals surface area (Å²) in [5.41, 5.74) is 0.416. The number of thiophene rings is 1. The molecule has 0 aliphatic rings. The standard InChI is InChI=1S/C16H14ClN3O2S/c1-19(8-11-6-7-14(17)23-11)15(21)9-20-10-18-13-5-3-2-4-12(13)16(20)22/h2-7,10H,8-9H2,1H3. The molecule has 0 N–H and O–H groups in total. The summed E-state index contributed by atoms with van der Waals surface area (Å²) in [6.07, 6.45) is 1.42. The molecule has 0 atom stereocenters. The van der Waals surface area contributed by atoms with Crippen molar-refractivity contribution in [3.63, 3.8) is 0 Å². The maximum absolute atomic E-state index is 12.4. The number of fused-ring (bicyclic) bond motifs is 1. The van der Waals surface area contributed by atoms with Crippen LogP contribution in [0, 0.1) is 0 Å². The van der Waals surface area contributed by atoms with E-state index in [2.05, 4.69) is 4.98 Å². The lowest BCUT2D eigenvalue weighted by atomic mass is 10.2.